The van der Waals surface area contributed by atoms with Crippen molar-refractivity contribution in [1.82, 2.24) is 9.97 Å². The molecule has 2 aromatic carbocycles. The smallest absolute Gasteiger partial charge is 0.409 e. The van der Waals surface area contributed by atoms with E-state index in [1.54, 1.807) is 18.2 Å². The molecule has 25 heavy (non-hydrogen) atoms. The lowest BCUT2D eigenvalue weighted by Gasteiger charge is -2.18. The molecule has 126 valence electrons. The summed E-state index contributed by atoms with van der Waals surface area (Å²) in [7, 11) is 1.93. The van der Waals surface area contributed by atoms with Crippen molar-refractivity contribution in [3.05, 3.63) is 67.0 Å². The zero-order valence-electron chi connectivity index (χ0n) is 13.5. The first kappa shape index (κ1) is 16.3. The first-order valence-electron chi connectivity index (χ1n) is 7.60. The molecular weight excluding hydrogens is 318 g/mol. The summed E-state index contributed by atoms with van der Waals surface area (Å²) in [6, 6.07) is 18.7. The van der Waals surface area contributed by atoms with E-state index < -0.39 is 6.09 Å². The SMILES string of the molecule is CN(c1ccccc1)c1cc(Nc2cccc(NC(=O)O)c2)ncn1. The van der Waals surface area contributed by atoms with Crippen molar-refractivity contribution < 1.29 is 9.90 Å². The Bertz CT molecular complexity index is 870. The Kier molecular flexibility index (Phi) is 4.75. The molecule has 7 heteroatoms. The molecule has 1 amide bonds. The lowest BCUT2D eigenvalue weighted by Crippen LogP contribution is -2.11. The Hall–Kier alpha value is -3.61. The van der Waals surface area contributed by atoms with Crippen LogP contribution in [0.2, 0.25) is 0 Å². The standard InChI is InChI=1S/C18H17N5O2/c1-23(15-8-3-2-4-9-15)17-11-16(19-12-20-17)21-13-6-5-7-14(10-13)22-18(24)25/h2-12,22H,1H3,(H,24,25)(H,19,20,21). The predicted molar refractivity (Wildman–Crippen MR) is 97.9 cm³/mol. The number of carboxylic acid groups (broad SMARTS) is 1. The second-order valence-corrected chi connectivity index (χ2v) is 5.29. The largest absolute Gasteiger partial charge is 0.465 e. The lowest BCUT2D eigenvalue weighted by molar-refractivity contribution is 0.210. The minimum Gasteiger partial charge on any atom is -0.465 e. The van der Waals surface area contributed by atoms with Gasteiger partial charge in [-0.2, -0.15) is 0 Å². The van der Waals surface area contributed by atoms with Gasteiger partial charge in [-0.15, -0.1) is 0 Å². The summed E-state index contributed by atoms with van der Waals surface area (Å²) < 4.78 is 0. The zero-order valence-corrected chi connectivity index (χ0v) is 13.5. The van der Waals surface area contributed by atoms with Crippen molar-refractivity contribution in [2.45, 2.75) is 0 Å². The van der Waals surface area contributed by atoms with Crippen LogP contribution in [0, 0.1) is 0 Å². The van der Waals surface area contributed by atoms with Crippen LogP contribution >= 0.6 is 0 Å². The molecule has 3 N–H and O–H groups in total. The van der Waals surface area contributed by atoms with Crippen LogP contribution in [0.1, 0.15) is 0 Å². The number of para-hydroxylation sites is 1. The number of hydrogen-bond acceptors (Lipinski definition) is 5. The minimum absolute atomic E-state index is 0.480. The molecule has 0 aliphatic rings. The quantitative estimate of drug-likeness (QED) is 0.651. The molecule has 0 aliphatic carbocycles. The maximum atomic E-state index is 10.7. The summed E-state index contributed by atoms with van der Waals surface area (Å²) in [6.45, 7) is 0. The van der Waals surface area contributed by atoms with Crippen LogP contribution in [0.5, 0.6) is 0 Å². The Morgan fingerprint density at radius 3 is 2.52 bits per heavy atom. The number of anilines is 5. The molecule has 0 fully saturated rings. The maximum absolute atomic E-state index is 10.7. The fourth-order valence-corrected chi connectivity index (χ4v) is 2.33. The third kappa shape index (κ3) is 4.23. The monoisotopic (exact) mass is 335 g/mol. The van der Waals surface area contributed by atoms with Gasteiger partial charge >= 0.3 is 6.09 Å². The first-order valence-corrected chi connectivity index (χ1v) is 7.60. The summed E-state index contributed by atoms with van der Waals surface area (Å²) in [5.74, 6) is 1.35. The number of nitrogens with one attached hydrogen (secondary N) is 2. The second kappa shape index (κ2) is 7.31. The van der Waals surface area contributed by atoms with Crippen molar-refractivity contribution in [3.8, 4) is 0 Å². The molecular formula is C18H17N5O2. The fourth-order valence-electron chi connectivity index (χ4n) is 2.33. The lowest BCUT2D eigenvalue weighted by atomic mass is 10.2. The Morgan fingerprint density at radius 2 is 1.76 bits per heavy atom. The van der Waals surface area contributed by atoms with Gasteiger partial charge in [-0.05, 0) is 30.3 Å². The van der Waals surface area contributed by atoms with E-state index in [4.69, 9.17) is 5.11 Å². The molecule has 3 rings (SSSR count). The van der Waals surface area contributed by atoms with Gasteiger partial charge < -0.3 is 15.3 Å². The van der Waals surface area contributed by atoms with Crippen LogP contribution in [-0.4, -0.2) is 28.2 Å². The van der Waals surface area contributed by atoms with Crippen LogP contribution < -0.4 is 15.5 Å². The van der Waals surface area contributed by atoms with E-state index in [0.717, 1.165) is 17.2 Å². The Balaban J connectivity index is 1.79. The summed E-state index contributed by atoms with van der Waals surface area (Å²) in [4.78, 5) is 21.2. The predicted octanol–water partition coefficient (Wildman–Crippen LogP) is 4.08. The molecule has 0 unspecified atom stereocenters. The van der Waals surface area contributed by atoms with E-state index in [1.807, 2.05) is 54.4 Å². The van der Waals surface area contributed by atoms with Crippen molar-refractivity contribution >= 4 is 34.8 Å². The van der Waals surface area contributed by atoms with E-state index in [1.165, 1.54) is 6.33 Å². The molecule has 0 aliphatic heterocycles. The Labute approximate surface area is 145 Å². The number of hydrogen-bond donors (Lipinski definition) is 3. The van der Waals surface area contributed by atoms with Gasteiger partial charge in [0.2, 0.25) is 0 Å². The van der Waals surface area contributed by atoms with Gasteiger partial charge in [0, 0.05) is 30.2 Å². The summed E-state index contributed by atoms with van der Waals surface area (Å²) >= 11 is 0. The highest BCUT2D eigenvalue weighted by molar-refractivity contribution is 5.84. The number of nitrogens with zero attached hydrogens (tertiary/aromatic N) is 3. The van der Waals surface area contributed by atoms with E-state index in [-0.39, 0.29) is 0 Å². The molecule has 0 atom stereocenters. The number of benzene rings is 2. The minimum atomic E-state index is -1.11. The third-order valence-corrected chi connectivity index (χ3v) is 3.53. The van der Waals surface area contributed by atoms with E-state index >= 15 is 0 Å². The van der Waals surface area contributed by atoms with Crippen molar-refractivity contribution in [1.29, 1.82) is 0 Å². The Morgan fingerprint density at radius 1 is 1.00 bits per heavy atom. The van der Waals surface area contributed by atoms with Gasteiger partial charge in [-0.1, -0.05) is 24.3 Å². The first-order chi connectivity index (χ1) is 12.1. The van der Waals surface area contributed by atoms with Crippen LogP contribution in [0.15, 0.2) is 67.0 Å². The molecule has 0 bridgehead atoms. The summed E-state index contributed by atoms with van der Waals surface area (Å²) in [5.41, 5.74) is 2.21. The second-order valence-electron chi connectivity index (χ2n) is 5.29. The van der Waals surface area contributed by atoms with Crippen LogP contribution in [0.3, 0.4) is 0 Å². The summed E-state index contributed by atoms with van der Waals surface area (Å²) in [6.07, 6.45) is 0.377. The van der Waals surface area contributed by atoms with Gasteiger partial charge in [0.25, 0.3) is 0 Å². The highest BCUT2D eigenvalue weighted by atomic mass is 16.4. The number of aromatic nitrogens is 2. The topological polar surface area (TPSA) is 90.4 Å². The highest BCUT2D eigenvalue weighted by Gasteiger charge is 2.07. The molecule has 3 aromatic rings. The van der Waals surface area contributed by atoms with Crippen LogP contribution in [-0.2, 0) is 0 Å². The molecule has 1 aromatic heterocycles. The van der Waals surface area contributed by atoms with E-state index in [2.05, 4.69) is 20.6 Å². The number of amides is 1. The molecule has 0 saturated carbocycles. The van der Waals surface area contributed by atoms with Crippen LogP contribution in [0.25, 0.3) is 0 Å². The molecule has 1 heterocycles. The zero-order chi connectivity index (χ0) is 17.6. The fraction of sp³-hybridized carbons (Fsp3) is 0.0556. The molecule has 0 radical (unpaired) electrons. The van der Waals surface area contributed by atoms with E-state index in [9.17, 15) is 4.79 Å². The molecule has 0 spiro atoms. The normalized spacial score (nSPS) is 10.1. The number of rotatable bonds is 5. The third-order valence-electron chi connectivity index (χ3n) is 3.53. The van der Waals surface area contributed by atoms with Crippen molar-refractivity contribution in [2.24, 2.45) is 0 Å². The van der Waals surface area contributed by atoms with Crippen molar-refractivity contribution in [3.63, 3.8) is 0 Å². The molecule has 0 saturated heterocycles. The van der Waals surface area contributed by atoms with Gasteiger partial charge in [0.15, 0.2) is 0 Å². The number of carbonyl (C=O) groups is 1. The van der Waals surface area contributed by atoms with E-state index in [0.29, 0.717) is 11.5 Å². The van der Waals surface area contributed by atoms with Crippen molar-refractivity contribution in [2.75, 3.05) is 22.6 Å². The average Bonchev–Trinajstić information content (AvgIpc) is 2.62. The highest BCUT2D eigenvalue weighted by Crippen LogP contribution is 2.24. The molecule has 7 nitrogen and oxygen atoms in total. The average molecular weight is 335 g/mol. The van der Waals surface area contributed by atoms with Gasteiger partial charge in [-0.3, -0.25) is 5.32 Å². The van der Waals surface area contributed by atoms with Gasteiger partial charge in [0.1, 0.15) is 18.0 Å². The maximum Gasteiger partial charge on any atom is 0.409 e. The van der Waals surface area contributed by atoms with Gasteiger partial charge in [0.05, 0.1) is 0 Å². The summed E-state index contributed by atoms with van der Waals surface area (Å²) in [5, 5.41) is 14.3. The van der Waals surface area contributed by atoms with Gasteiger partial charge in [-0.25, -0.2) is 14.8 Å². The van der Waals surface area contributed by atoms with Crippen LogP contribution in [0.4, 0.5) is 33.5 Å².